The van der Waals surface area contributed by atoms with Crippen molar-refractivity contribution in [2.75, 3.05) is 13.6 Å². The molecular weight excluding hydrogens is 322 g/mol. The molecule has 9 heteroatoms. The quantitative estimate of drug-likeness (QED) is 0.642. The first-order valence-corrected chi connectivity index (χ1v) is 8.31. The van der Waals surface area contributed by atoms with Crippen LogP contribution in [0.5, 0.6) is 0 Å². The molecule has 0 saturated carbocycles. The number of carbonyl (C=O) groups excluding carboxylic acids is 1. The lowest BCUT2D eigenvalue weighted by atomic mass is 10.1. The van der Waals surface area contributed by atoms with Crippen molar-refractivity contribution in [2.24, 2.45) is 0 Å². The van der Waals surface area contributed by atoms with Crippen molar-refractivity contribution >= 4 is 21.6 Å². The number of benzene rings is 1. The van der Waals surface area contributed by atoms with Crippen LogP contribution in [0.1, 0.15) is 26.3 Å². The summed E-state index contributed by atoms with van der Waals surface area (Å²) < 4.78 is 25.7. The maximum Gasteiger partial charge on any atom is 0.273 e. The first kappa shape index (κ1) is 19.0. The van der Waals surface area contributed by atoms with Gasteiger partial charge in [0.1, 0.15) is 0 Å². The summed E-state index contributed by atoms with van der Waals surface area (Å²) in [4.78, 5) is 21.9. The Morgan fingerprint density at radius 1 is 1.35 bits per heavy atom. The van der Waals surface area contributed by atoms with Gasteiger partial charge in [0.15, 0.2) is 0 Å². The van der Waals surface area contributed by atoms with E-state index < -0.39 is 26.4 Å². The molecule has 0 aliphatic carbocycles. The summed E-state index contributed by atoms with van der Waals surface area (Å²) in [5.41, 5.74) is -0.398. The maximum absolute atomic E-state index is 12.4. The van der Waals surface area contributed by atoms with E-state index in [9.17, 15) is 23.3 Å². The number of rotatable bonds is 5. The molecule has 0 unspecified atom stereocenters. The summed E-state index contributed by atoms with van der Waals surface area (Å²) in [6, 6.07) is 3.66. The van der Waals surface area contributed by atoms with Gasteiger partial charge < -0.3 is 5.32 Å². The molecule has 0 aliphatic heterocycles. The van der Waals surface area contributed by atoms with Crippen LogP contribution in [0.25, 0.3) is 0 Å². The third-order valence-electron chi connectivity index (χ3n) is 2.97. The molecule has 1 amide bonds. The first-order chi connectivity index (χ1) is 10.3. The number of sulfonamides is 1. The molecule has 1 N–H and O–H groups in total. The summed E-state index contributed by atoms with van der Waals surface area (Å²) in [6.45, 7) is 6.49. The number of aryl methyl sites for hydroxylation is 1. The molecule has 1 aromatic rings. The van der Waals surface area contributed by atoms with Crippen molar-refractivity contribution in [2.45, 2.75) is 38.1 Å². The van der Waals surface area contributed by atoms with E-state index in [0.29, 0.717) is 5.56 Å². The van der Waals surface area contributed by atoms with E-state index in [2.05, 4.69) is 5.32 Å². The third-order valence-corrected chi connectivity index (χ3v) is 4.77. The summed E-state index contributed by atoms with van der Waals surface area (Å²) in [5, 5.41) is 13.6. The molecule has 23 heavy (non-hydrogen) atoms. The van der Waals surface area contributed by atoms with Crippen LogP contribution in [0.15, 0.2) is 23.1 Å². The topological polar surface area (TPSA) is 110 Å². The number of nitrogens with one attached hydrogen (secondary N) is 1. The molecule has 128 valence electrons. The van der Waals surface area contributed by atoms with E-state index in [-0.39, 0.29) is 17.1 Å². The summed E-state index contributed by atoms with van der Waals surface area (Å²) in [6.07, 6.45) is 0. The predicted molar refractivity (Wildman–Crippen MR) is 85.5 cm³/mol. The highest BCUT2D eigenvalue weighted by Crippen LogP contribution is 2.23. The van der Waals surface area contributed by atoms with Crippen molar-refractivity contribution in [3.05, 3.63) is 33.9 Å². The van der Waals surface area contributed by atoms with E-state index in [4.69, 9.17) is 0 Å². The van der Waals surface area contributed by atoms with Crippen LogP contribution in [0, 0.1) is 17.0 Å². The van der Waals surface area contributed by atoms with Crippen LogP contribution in [0.2, 0.25) is 0 Å². The Kier molecular flexibility index (Phi) is 5.49. The van der Waals surface area contributed by atoms with Crippen LogP contribution in [-0.4, -0.2) is 42.7 Å². The van der Waals surface area contributed by atoms with E-state index in [1.165, 1.54) is 26.1 Å². The Morgan fingerprint density at radius 3 is 2.39 bits per heavy atom. The number of amides is 1. The zero-order valence-electron chi connectivity index (χ0n) is 13.8. The monoisotopic (exact) mass is 343 g/mol. The molecule has 0 heterocycles. The molecule has 0 aromatic heterocycles. The van der Waals surface area contributed by atoms with Gasteiger partial charge in [0, 0.05) is 24.2 Å². The number of likely N-dealkylation sites (N-methyl/N-ethyl adjacent to an activating group) is 1. The minimum absolute atomic E-state index is 0.221. The highest BCUT2D eigenvalue weighted by molar-refractivity contribution is 7.89. The largest absolute Gasteiger partial charge is 0.350 e. The molecule has 0 radical (unpaired) electrons. The second-order valence-corrected chi connectivity index (χ2v) is 8.31. The normalized spacial score (nSPS) is 12.3. The highest BCUT2D eigenvalue weighted by atomic mass is 32.2. The Bertz CT molecular complexity index is 722. The zero-order valence-corrected chi connectivity index (χ0v) is 14.6. The van der Waals surface area contributed by atoms with Crippen molar-refractivity contribution < 1.29 is 18.1 Å². The van der Waals surface area contributed by atoms with Crippen LogP contribution >= 0.6 is 0 Å². The molecule has 0 fully saturated rings. The lowest BCUT2D eigenvalue weighted by Gasteiger charge is -2.23. The van der Waals surface area contributed by atoms with Crippen molar-refractivity contribution in [1.82, 2.24) is 9.62 Å². The Labute approximate surface area is 135 Å². The smallest absolute Gasteiger partial charge is 0.273 e. The van der Waals surface area contributed by atoms with E-state index in [0.717, 1.165) is 10.4 Å². The third kappa shape index (κ3) is 5.00. The lowest BCUT2D eigenvalue weighted by Crippen LogP contribution is -2.46. The van der Waals surface area contributed by atoms with Crippen LogP contribution < -0.4 is 5.32 Å². The average molecular weight is 343 g/mol. The van der Waals surface area contributed by atoms with E-state index in [1.807, 2.05) is 0 Å². The SMILES string of the molecule is Cc1ccc(S(=O)(=O)N(C)CC(=O)NC(C)(C)C)cc1[N+](=O)[O-]. The van der Waals surface area contributed by atoms with Crippen LogP contribution in [0.3, 0.4) is 0 Å². The van der Waals surface area contributed by atoms with E-state index >= 15 is 0 Å². The Morgan fingerprint density at radius 2 is 1.91 bits per heavy atom. The van der Waals surface area contributed by atoms with Gasteiger partial charge in [0.2, 0.25) is 15.9 Å². The molecule has 8 nitrogen and oxygen atoms in total. The van der Waals surface area contributed by atoms with Crippen LogP contribution in [-0.2, 0) is 14.8 Å². The molecule has 0 saturated heterocycles. The molecule has 0 spiro atoms. The molecular formula is C14H21N3O5S. The van der Waals surface area contributed by atoms with Crippen LogP contribution in [0.4, 0.5) is 5.69 Å². The van der Waals surface area contributed by atoms with Gasteiger partial charge in [-0.3, -0.25) is 14.9 Å². The molecule has 0 aliphatic rings. The standard InChI is InChI=1S/C14H21N3O5S/c1-10-6-7-11(8-12(10)17(19)20)23(21,22)16(5)9-13(18)15-14(2,3)4/h6-8H,9H2,1-5H3,(H,15,18). The number of nitrogens with zero attached hydrogens (tertiary/aromatic N) is 2. The summed E-state index contributed by atoms with van der Waals surface area (Å²) in [7, 11) is -2.74. The van der Waals surface area contributed by atoms with Crippen molar-refractivity contribution in [1.29, 1.82) is 0 Å². The summed E-state index contributed by atoms with van der Waals surface area (Å²) in [5.74, 6) is -0.454. The number of carbonyl (C=O) groups is 1. The predicted octanol–water partition coefficient (Wildman–Crippen LogP) is 1.44. The van der Waals surface area contributed by atoms with Gasteiger partial charge in [-0.25, -0.2) is 8.42 Å². The number of nitro benzene ring substituents is 1. The summed E-state index contributed by atoms with van der Waals surface area (Å²) >= 11 is 0. The number of nitro groups is 1. The minimum atomic E-state index is -3.99. The van der Waals surface area contributed by atoms with Gasteiger partial charge in [-0.15, -0.1) is 0 Å². The minimum Gasteiger partial charge on any atom is -0.350 e. The number of hydrogen-bond donors (Lipinski definition) is 1. The number of hydrogen-bond acceptors (Lipinski definition) is 5. The van der Waals surface area contributed by atoms with Gasteiger partial charge in [-0.2, -0.15) is 4.31 Å². The Balaban J connectivity index is 3.05. The zero-order chi connectivity index (χ0) is 18.0. The highest BCUT2D eigenvalue weighted by Gasteiger charge is 2.26. The molecule has 0 atom stereocenters. The maximum atomic E-state index is 12.4. The second-order valence-electron chi connectivity index (χ2n) is 6.26. The van der Waals surface area contributed by atoms with Gasteiger partial charge in [-0.05, 0) is 33.8 Å². The fourth-order valence-corrected chi connectivity index (χ4v) is 3.02. The molecule has 1 aromatic carbocycles. The van der Waals surface area contributed by atoms with Gasteiger partial charge in [0.25, 0.3) is 5.69 Å². The Hall–Kier alpha value is -2.00. The fourth-order valence-electron chi connectivity index (χ4n) is 1.87. The van der Waals surface area contributed by atoms with Gasteiger partial charge >= 0.3 is 0 Å². The molecule has 0 bridgehead atoms. The fraction of sp³-hybridized carbons (Fsp3) is 0.500. The van der Waals surface area contributed by atoms with Crippen molar-refractivity contribution in [3.63, 3.8) is 0 Å². The second kappa shape index (κ2) is 6.63. The average Bonchev–Trinajstić information content (AvgIpc) is 2.35. The molecule has 1 rings (SSSR count). The van der Waals surface area contributed by atoms with E-state index in [1.54, 1.807) is 20.8 Å². The van der Waals surface area contributed by atoms with Crippen molar-refractivity contribution in [3.8, 4) is 0 Å². The first-order valence-electron chi connectivity index (χ1n) is 6.87. The lowest BCUT2D eigenvalue weighted by molar-refractivity contribution is -0.385. The van der Waals surface area contributed by atoms with Gasteiger partial charge in [0.05, 0.1) is 16.4 Å². The van der Waals surface area contributed by atoms with Gasteiger partial charge in [-0.1, -0.05) is 6.07 Å².